The Morgan fingerprint density at radius 1 is 0.800 bits per heavy atom. The minimum atomic E-state index is -0.607. The third kappa shape index (κ3) is 8.87. The molecule has 20 heavy (non-hydrogen) atoms. The van der Waals surface area contributed by atoms with Crippen molar-refractivity contribution in [1.29, 1.82) is 0 Å². The highest BCUT2D eigenvalue weighted by Gasteiger charge is 2.29. The number of hydrogen-bond donors (Lipinski definition) is 2. The van der Waals surface area contributed by atoms with E-state index < -0.39 is 11.2 Å². The molecule has 0 aliphatic heterocycles. The zero-order valence-electron chi connectivity index (χ0n) is 13.0. The summed E-state index contributed by atoms with van der Waals surface area (Å²) in [5.41, 5.74) is 9.40. The number of carbonyl (C=O) groups excluding carboxylic acids is 2. The molecule has 0 aromatic rings. The van der Waals surface area contributed by atoms with Crippen molar-refractivity contribution in [3.8, 4) is 0 Å². The summed E-state index contributed by atoms with van der Waals surface area (Å²) in [5, 5.41) is 0. The minimum Gasteiger partial charge on any atom is -0.460 e. The molecule has 0 atom stereocenters. The molecular weight excluding hydrogens is 260 g/mol. The van der Waals surface area contributed by atoms with Crippen LogP contribution < -0.4 is 11.5 Å². The number of ether oxygens (including phenoxy) is 2. The summed E-state index contributed by atoms with van der Waals surface area (Å²) in [6.45, 7) is 7.88. The van der Waals surface area contributed by atoms with Crippen LogP contribution in [0.5, 0.6) is 0 Å². The Hall–Kier alpha value is -1.14. The summed E-state index contributed by atoms with van der Waals surface area (Å²) in [6, 6.07) is 0. The van der Waals surface area contributed by atoms with Gasteiger partial charge < -0.3 is 20.9 Å². The standard InChI is InChI=1S/C14H28N2O4/c1-13(2,19-11(17)5-9-15)7-8-14(3,4)20-12(18)6-10-16/h5-10,15-16H2,1-4H3. The molecule has 4 N–H and O–H groups in total. The molecule has 0 spiro atoms. The zero-order valence-corrected chi connectivity index (χ0v) is 13.0. The van der Waals surface area contributed by atoms with E-state index in [9.17, 15) is 9.59 Å². The molecule has 0 saturated heterocycles. The Balaban J connectivity index is 4.28. The molecule has 6 heteroatoms. The quantitative estimate of drug-likeness (QED) is 0.616. The van der Waals surface area contributed by atoms with Gasteiger partial charge in [0.2, 0.25) is 0 Å². The van der Waals surface area contributed by atoms with Crippen molar-refractivity contribution < 1.29 is 19.1 Å². The highest BCUT2D eigenvalue weighted by atomic mass is 16.6. The maximum absolute atomic E-state index is 11.4. The first-order valence-corrected chi connectivity index (χ1v) is 6.96. The molecule has 0 aliphatic carbocycles. The predicted molar refractivity (Wildman–Crippen MR) is 76.9 cm³/mol. The molecule has 0 amide bonds. The Kier molecular flexibility index (Phi) is 7.75. The van der Waals surface area contributed by atoms with E-state index in [1.165, 1.54) is 0 Å². The monoisotopic (exact) mass is 288 g/mol. The molecule has 0 rings (SSSR count). The van der Waals surface area contributed by atoms with Crippen LogP contribution >= 0.6 is 0 Å². The highest BCUT2D eigenvalue weighted by Crippen LogP contribution is 2.25. The van der Waals surface area contributed by atoms with Crippen LogP contribution in [0.25, 0.3) is 0 Å². The van der Waals surface area contributed by atoms with Crippen molar-refractivity contribution in [2.75, 3.05) is 13.1 Å². The average Bonchev–Trinajstić information content (AvgIpc) is 2.26. The second-order valence-corrected chi connectivity index (χ2v) is 6.04. The van der Waals surface area contributed by atoms with Crippen LogP contribution in [0.1, 0.15) is 53.4 Å². The third-order valence-corrected chi connectivity index (χ3v) is 2.81. The molecule has 0 aliphatic rings. The molecule has 0 unspecified atom stereocenters. The summed E-state index contributed by atoms with van der Waals surface area (Å²) in [6.07, 6.45) is 1.59. The van der Waals surface area contributed by atoms with E-state index in [0.29, 0.717) is 12.8 Å². The first-order valence-electron chi connectivity index (χ1n) is 6.96. The highest BCUT2D eigenvalue weighted by molar-refractivity contribution is 5.70. The van der Waals surface area contributed by atoms with Crippen molar-refractivity contribution in [1.82, 2.24) is 0 Å². The molecule has 0 saturated carbocycles. The third-order valence-electron chi connectivity index (χ3n) is 2.81. The molecule has 0 radical (unpaired) electrons. The van der Waals surface area contributed by atoms with E-state index in [4.69, 9.17) is 20.9 Å². The van der Waals surface area contributed by atoms with E-state index in [2.05, 4.69) is 0 Å². The van der Waals surface area contributed by atoms with Gasteiger partial charge in [0.05, 0.1) is 12.8 Å². The van der Waals surface area contributed by atoms with Crippen LogP contribution in [-0.2, 0) is 19.1 Å². The molecule has 0 fully saturated rings. The topological polar surface area (TPSA) is 105 Å². The van der Waals surface area contributed by atoms with Crippen molar-refractivity contribution in [3.05, 3.63) is 0 Å². The van der Waals surface area contributed by atoms with E-state index in [0.717, 1.165) is 0 Å². The largest absolute Gasteiger partial charge is 0.460 e. The van der Waals surface area contributed by atoms with Crippen LogP contribution in [0.15, 0.2) is 0 Å². The van der Waals surface area contributed by atoms with E-state index in [-0.39, 0.29) is 37.9 Å². The molecule has 118 valence electrons. The van der Waals surface area contributed by atoms with Crippen molar-refractivity contribution >= 4 is 11.9 Å². The molecular formula is C14H28N2O4. The van der Waals surface area contributed by atoms with Crippen molar-refractivity contribution in [2.24, 2.45) is 11.5 Å². The number of nitrogens with two attached hydrogens (primary N) is 2. The van der Waals surface area contributed by atoms with Crippen LogP contribution in [0.2, 0.25) is 0 Å². The summed E-state index contributed by atoms with van der Waals surface area (Å²) < 4.78 is 10.7. The van der Waals surface area contributed by atoms with Gasteiger partial charge in [0, 0.05) is 13.1 Å². The average molecular weight is 288 g/mol. The minimum absolute atomic E-state index is 0.207. The van der Waals surface area contributed by atoms with Gasteiger partial charge in [0.25, 0.3) is 0 Å². The second-order valence-electron chi connectivity index (χ2n) is 6.04. The zero-order chi connectivity index (χ0) is 15.8. The smallest absolute Gasteiger partial charge is 0.307 e. The van der Waals surface area contributed by atoms with Crippen LogP contribution in [0, 0.1) is 0 Å². The lowest BCUT2D eigenvalue weighted by atomic mass is 9.93. The summed E-state index contributed by atoms with van der Waals surface area (Å²) in [4.78, 5) is 22.9. The van der Waals surface area contributed by atoms with Crippen LogP contribution in [0.4, 0.5) is 0 Å². The van der Waals surface area contributed by atoms with Crippen LogP contribution in [-0.4, -0.2) is 36.2 Å². The van der Waals surface area contributed by atoms with Gasteiger partial charge >= 0.3 is 11.9 Å². The Morgan fingerprint density at radius 3 is 1.35 bits per heavy atom. The maximum atomic E-state index is 11.4. The van der Waals surface area contributed by atoms with Crippen molar-refractivity contribution in [2.45, 2.75) is 64.6 Å². The Labute approximate surface area is 121 Å². The number of hydrogen-bond acceptors (Lipinski definition) is 6. The fourth-order valence-electron chi connectivity index (χ4n) is 1.66. The summed E-state index contributed by atoms with van der Waals surface area (Å²) >= 11 is 0. The predicted octanol–water partition coefficient (Wildman–Crippen LogP) is 1.11. The number of rotatable bonds is 9. The van der Waals surface area contributed by atoms with Gasteiger partial charge in [-0.2, -0.15) is 0 Å². The molecule has 0 aromatic heterocycles. The number of esters is 2. The fraction of sp³-hybridized carbons (Fsp3) is 0.857. The summed E-state index contributed by atoms with van der Waals surface area (Å²) in [7, 11) is 0. The van der Waals surface area contributed by atoms with E-state index in [1.54, 1.807) is 0 Å². The lowest BCUT2D eigenvalue weighted by Crippen LogP contribution is -2.35. The molecule has 0 bridgehead atoms. The Morgan fingerprint density at radius 2 is 1.10 bits per heavy atom. The molecule has 0 heterocycles. The van der Waals surface area contributed by atoms with Gasteiger partial charge in [0.15, 0.2) is 0 Å². The second kappa shape index (κ2) is 8.21. The van der Waals surface area contributed by atoms with Crippen molar-refractivity contribution in [3.63, 3.8) is 0 Å². The molecule has 0 aromatic carbocycles. The van der Waals surface area contributed by atoms with Gasteiger partial charge in [-0.3, -0.25) is 9.59 Å². The lowest BCUT2D eigenvalue weighted by molar-refractivity contribution is -0.163. The first-order chi connectivity index (χ1) is 9.12. The van der Waals surface area contributed by atoms with E-state index >= 15 is 0 Å². The van der Waals surface area contributed by atoms with E-state index in [1.807, 2.05) is 27.7 Å². The Bertz CT molecular complexity index is 295. The first kappa shape index (κ1) is 18.9. The van der Waals surface area contributed by atoms with Gasteiger partial charge in [0.1, 0.15) is 11.2 Å². The maximum Gasteiger partial charge on any atom is 0.307 e. The molecule has 6 nitrogen and oxygen atoms in total. The number of carbonyl (C=O) groups is 2. The SMILES string of the molecule is CC(C)(CCC(C)(C)OC(=O)CCN)OC(=O)CCN. The van der Waals surface area contributed by atoms with Gasteiger partial charge in [-0.05, 0) is 40.5 Å². The summed E-state index contributed by atoms with van der Waals surface area (Å²) in [5.74, 6) is -0.620. The van der Waals surface area contributed by atoms with Gasteiger partial charge in [-0.15, -0.1) is 0 Å². The van der Waals surface area contributed by atoms with Crippen LogP contribution in [0.3, 0.4) is 0 Å². The lowest BCUT2D eigenvalue weighted by Gasteiger charge is -2.31. The van der Waals surface area contributed by atoms with Gasteiger partial charge in [-0.1, -0.05) is 0 Å². The van der Waals surface area contributed by atoms with Gasteiger partial charge in [-0.25, -0.2) is 0 Å². The normalized spacial score (nSPS) is 12.1. The fourth-order valence-corrected chi connectivity index (χ4v) is 1.66.